The number of hydrogen-bond donors (Lipinski definition) is 0. The van der Waals surface area contributed by atoms with Gasteiger partial charge < -0.3 is 0 Å². The van der Waals surface area contributed by atoms with Gasteiger partial charge in [0.2, 0.25) is 0 Å². The molecule has 2 aliphatic rings. The van der Waals surface area contributed by atoms with Crippen LogP contribution in [0.2, 0.25) is 25.0 Å². The molecule has 4 unspecified atom stereocenters. The predicted molar refractivity (Wildman–Crippen MR) is 154 cm³/mol. The molecule has 0 N–H and O–H groups in total. The van der Waals surface area contributed by atoms with Crippen LogP contribution in [-0.4, -0.2) is 19.8 Å². The van der Waals surface area contributed by atoms with Crippen molar-refractivity contribution < 1.29 is 0 Å². The molecule has 4 heteroatoms. The molecular formula is C30H40BNSSi. The largest absolute Gasteiger partial charge is 0.255 e. The van der Waals surface area contributed by atoms with Gasteiger partial charge in [0.15, 0.2) is 6.71 Å². The zero-order valence-corrected chi connectivity index (χ0v) is 24.4. The quantitative estimate of drug-likeness (QED) is 0.353. The van der Waals surface area contributed by atoms with Crippen molar-refractivity contribution in [1.82, 2.24) is 4.98 Å². The minimum Gasteiger partial charge on any atom is -0.255 e. The third-order valence-corrected chi connectivity index (χ3v) is 13.8. The van der Waals surface area contributed by atoms with Gasteiger partial charge in [-0.3, -0.25) is 4.98 Å². The molecule has 3 heterocycles. The number of benzene rings is 1. The molecule has 1 saturated heterocycles. The van der Waals surface area contributed by atoms with E-state index in [1.54, 1.807) is 15.5 Å². The Hall–Kier alpha value is -1.65. The zero-order chi connectivity index (χ0) is 24.6. The summed E-state index contributed by atoms with van der Waals surface area (Å²) in [5.41, 5.74) is 8.75. The highest BCUT2D eigenvalue weighted by molar-refractivity contribution is 7.29. The van der Waals surface area contributed by atoms with Crippen molar-refractivity contribution in [3.8, 4) is 10.6 Å². The first-order valence-corrected chi connectivity index (χ1v) is 17.4. The van der Waals surface area contributed by atoms with Crippen LogP contribution in [0.15, 0.2) is 42.6 Å². The van der Waals surface area contributed by atoms with Gasteiger partial charge in [-0.1, -0.05) is 87.2 Å². The maximum atomic E-state index is 4.88. The van der Waals surface area contributed by atoms with E-state index in [-0.39, 0.29) is 10.6 Å². The Morgan fingerprint density at radius 1 is 1.03 bits per heavy atom. The fraction of sp³-hybridized carbons (Fsp3) is 0.500. The first-order chi connectivity index (χ1) is 15.9. The Morgan fingerprint density at radius 3 is 2.29 bits per heavy atom. The smallest absolute Gasteiger partial charge is 0.193 e. The molecule has 0 spiro atoms. The topological polar surface area (TPSA) is 12.9 Å². The second-order valence-corrected chi connectivity index (χ2v) is 19.2. The number of fused-ring (bicyclic) bond motifs is 1. The molecule has 178 valence electrons. The predicted octanol–water partition coefficient (Wildman–Crippen LogP) is 7.30. The Kier molecular flexibility index (Phi) is 5.61. The van der Waals surface area contributed by atoms with Crippen LogP contribution in [0.1, 0.15) is 55.9 Å². The van der Waals surface area contributed by atoms with Crippen molar-refractivity contribution >= 4 is 36.1 Å². The van der Waals surface area contributed by atoms with Crippen LogP contribution >= 0.6 is 11.3 Å². The summed E-state index contributed by atoms with van der Waals surface area (Å²) < 4.78 is 1.62. The van der Waals surface area contributed by atoms with Crippen molar-refractivity contribution in [2.75, 3.05) is 0 Å². The van der Waals surface area contributed by atoms with E-state index in [0.717, 1.165) is 11.6 Å². The molecule has 1 aromatic carbocycles. The first-order valence-electron chi connectivity index (χ1n) is 13.0. The fourth-order valence-electron chi connectivity index (χ4n) is 8.12. The van der Waals surface area contributed by atoms with Gasteiger partial charge in [0, 0.05) is 6.20 Å². The molecule has 1 nitrogen and oxygen atoms in total. The molecule has 4 atom stereocenters. The van der Waals surface area contributed by atoms with Crippen molar-refractivity contribution in [2.45, 2.75) is 84.7 Å². The number of pyridine rings is 1. The molecule has 1 aliphatic carbocycles. The summed E-state index contributed by atoms with van der Waals surface area (Å²) in [7, 11) is -1.45. The van der Waals surface area contributed by atoms with Crippen molar-refractivity contribution in [3.63, 3.8) is 0 Å². The molecule has 3 aromatic rings. The maximum Gasteiger partial charge on any atom is 0.193 e. The van der Waals surface area contributed by atoms with Gasteiger partial charge in [-0.2, -0.15) is 0 Å². The standard InChI is InChI=1S/C30H40BNSSi/c1-19-14-21(3)27(22(4)15-19)31-29(6)18-20(2)16-23(5)30(29,31)24-17-26(34(7,8)9)33-28(24)25-12-10-11-13-32-25/h10-15,17,20,23H,16,18H2,1-9H3. The van der Waals surface area contributed by atoms with Crippen molar-refractivity contribution in [3.05, 3.63) is 64.8 Å². The Bertz CT molecular complexity index is 1220. The van der Waals surface area contributed by atoms with Gasteiger partial charge in [-0.25, -0.2) is 0 Å². The highest BCUT2D eigenvalue weighted by Crippen LogP contribution is 2.78. The van der Waals surface area contributed by atoms with Gasteiger partial charge in [-0.15, -0.1) is 11.3 Å². The SMILES string of the molecule is Cc1cc(C)c(B2C3(C)CC(C)CC(C)C23c2cc([Si](C)(C)C)sc2-c2ccccn2)c(C)c1. The zero-order valence-electron chi connectivity index (χ0n) is 22.5. The summed E-state index contributed by atoms with van der Waals surface area (Å²) in [4.78, 5) is 6.32. The number of rotatable bonds is 4. The van der Waals surface area contributed by atoms with Gasteiger partial charge in [0.05, 0.1) is 18.6 Å². The van der Waals surface area contributed by atoms with Crippen molar-refractivity contribution in [1.29, 1.82) is 0 Å². The molecule has 0 radical (unpaired) electrons. The highest BCUT2D eigenvalue weighted by Gasteiger charge is 2.80. The van der Waals surface area contributed by atoms with E-state index in [2.05, 4.69) is 91.5 Å². The summed E-state index contributed by atoms with van der Waals surface area (Å²) >= 11 is 2.05. The van der Waals surface area contributed by atoms with Crippen molar-refractivity contribution in [2.24, 2.45) is 11.8 Å². The summed E-state index contributed by atoms with van der Waals surface area (Å²) in [6.45, 7) is 22.7. The van der Waals surface area contributed by atoms with E-state index in [1.165, 1.54) is 34.4 Å². The summed E-state index contributed by atoms with van der Waals surface area (Å²) in [5.74, 6) is 1.43. The maximum absolute atomic E-state index is 4.88. The Morgan fingerprint density at radius 2 is 1.71 bits per heavy atom. The van der Waals surface area contributed by atoms with Crippen LogP contribution in [0.25, 0.3) is 10.6 Å². The molecule has 1 saturated carbocycles. The molecule has 34 heavy (non-hydrogen) atoms. The first kappa shape index (κ1) is 24.1. The van der Waals surface area contributed by atoms with Crippen LogP contribution in [-0.2, 0) is 5.31 Å². The molecule has 1 aliphatic heterocycles. The number of thiophene rings is 1. The Labute approximate surface area is 212 Å². The molecule has 0 bridgehead atoms. The molecular weight excluding hydrogens is 445 g/mol. The molecule has 0 amide bonds. The van der Waals surface area contributed by atoms with E-state index in [9.17, 15) is 0 Å². The molecule has 5 rings (SSSR count). The molecule has 2 fully saturated rings. The van der Waals surface area contributed by atoms with E-state index < -0.39 is 8.07 Å². The lowest BCUT2D eigenvalue weighted by atomic mass is 9.47. The third-order valence-electron chi connectivity index (χ3n) is 9.10. The number of aryl methyl sites for hydroxylation is 3. The van der Waals surface area contributed by atoms with Crippen LogP contribution in [0.4, 0.5) is 0 Å². The van der Waals surface area contributed by atoms with E-state index in [1.807, 2.05) is 23.6 Å². The van der Waals surface area contributed by atoms with E-state index in [0.29, 0.717) is 12.6 Å². The summed E-state index contributed by atoms with van der Waals surface area (Å²) in [5, 5.41) is 0.474. The monoisotopic (exact) mass is 485 g/mol. The normalized spacial score (nSPS) is 28.7. The number of hydrogen-bond acceptors (Lipinski definition) is 2. The lowest BCUT2D eigenvalue weighted by Gasteiger charge is -2.39. The second kappa shape index (κ2) is 7.93. The van der Waals surface area contributed by atoms with Crippen LogP contribution in [0.3, 0.4) is 0 Å². The average Bonchev–Trinajstić information content (AvgIpc) is 3.05. The van der Waals surface area contributed by atoms with Crippen LogP contribution in [0, 0.1) is 32.6 Å². The van der Waals surface area contributed by atoms with Gasteiger partial charge in [0.25, 0.3) is 0 Å². The lowest BCUT2D eigenvalue weighted by molar-refractivity contribution is 0.231. The average molecular weight is 486 g/mol. The summed E-state index contributed by atoms with van der Waals surface area (Å²) in [6.07, 6.45) is 4.60. The minimum absolute atomic E-state index is 0.186. The van der Waals surface area contributed by atoms with Gasteiger partial charge in [0.1, 0.15) is 0 Å². The third kappa shape index (κ3) is 3.35. The van der Waals surface area contributed by atoms with E-state index >= 15 is 0 Å². The van der Waals surface area contributed by atoms with Gasteiger partial charge >= 0.3 is 0 Å². The lowest BCUT2D eigenvalue weighted by Crippen LogP contribution is -2.37. The van der Waals surface area contributed by atoms with Crippen LogP contribution in [0.5, 0.6) is 0 Å². The molecule has 2 aromatic heterocycles. The fourth-order valence-corrected chi connectivity index (χ4v) is 11.2. The number of nitrogens with zero attached hydrogens (tertiary/aromatic N) is 1. The Balaban J connectivity index is 1.80. The minimum atomic E-state index is -1.45. The summed E-state index contributed by atoms with van der Waals surface area (Å²) in [6, 6.07) is 13.9. The second-order valence-electron chi connectivity index (χ2n) is 12.8. The number of aromatic nitrogens is 1. The van der Waals surface area contributed by atoms with Crippen LogP contribution < -0.4 is 9.96 Å². The highest BCUT2D eigenvalue weighted by atomic mass is 32.1. The van der Waals surface area contributed by atoms with Gasteiger partial charge in [-0.05, 0) is 77.9 Å². The van der Waals surface area contributed by atoms with E-state index in [4.69, 9.17) is 4.98 Å².